The van der Waals surface area contributed by atoms with Gasteiger partial charge in [0, 0.05) is 38.3 Å². The lowest BCUT2D eigenvalue weighted by Crippen LogP contribution is -2.53. The number of morpholine rings is 1. The minimum Gasteiger partial charge on any atom is -0.375 e. The molecule has 2 unspecified atom stereocenters. The Morgan fingerprint density at radius 2 is 2.10 bits per heavy atom. The Kier molecular flexibility index (Phi) is 8.31. The molecular formula is C22H34N4O3. The first-order chi connectivity index (χ1) is 14.2. The number of hydrogen-bond acceptors (Lipinski definition) is 4. The van der Waals surface area contributed by atoms with Crippen molar-refractivity contribution in [1.82, 2.24) is 10.2 Å². The van der Waals surface area contributed by atoms with Gasteiger partial charge in [-0.15, -0.1) is 0 Å². The van der Waals surface area contributed by atoms with Crippen molar-refractivity contribution in [2.24, 2.45) is 4.99 Å². The molecule has 2 aliphatic rings. The molecule has 160 valence electrons. The molecule has 7 heteroatoms. The molecule has 0 aliphatic carbocycles. The standard InChI is InChI=1S/C22H34N4O3/c1-3-7-21(27)25-18-9-5-8-17(14-18)15-24-22(23-4-2)26-11-13-29-20(16-26)19-10-6-12-28-19/h5,8-9,14,19-20H,3-4,6-7,10-13,15-16H2,1-2H3,(H,23,24)(H,25,27). The van der Waals surface area contributed by atoms with Crippen LogP contribution in [0, 0.1) is 0 Å². The van der Waals surface area contributed by atoms with Crippen LogP contribution in [0.2, 0.25) is 0 Å². The maximum Gasteiger partial charge on any atom is 0.224 e. The van der Waals surface area contributed by atoms with Crippen LogP contribution in [0.15, 0.2) is 29.3 Å². The highest BCUT2D eigenvalue weighted by Gasteiger charge is 2.32. The lowest BCUT2D eigenvalue weighted by atomic mass is 10.1. The number of benzene rings is 1. The number of aliphatic imine (C=N–C) groups is 1. The Morgan fingerprint density at radius 3 is 2.86 bits per heavy atom. The Bertz CT molecular complexity index is 688. The molecule has 0 aromatic heterocycles. The summed E-state index contributed by atoms with van der Waals surface area (Å²) in [6.07, 6.45) is 3.87. The number of guanidine groups is 1. The second-order valence-corrected chi connectivity index (χ2v) is 7.58. The number of amides is 1. The van der Waals surface area contributed by atoms with E-state index in [-0.39, 0.29) is 18.1 Å². The van der Waals surface area contributed by atoms with E-state index in [4.69, 9.17) is 14.5 Å². The van der Waals surface area contributed by atoms with Gasteiger partial charge in [-0.1, -0.05) is 19.1 Å². The fourth-order valence-corrected chi connectivity index (χ4v) is 3.78. The summed E-state index contributed by atoms with van der Waals surface area (Å²) in [5, 5.41) is 6.36. The number of rotatable bonds is 7. The zero-order valence-electron chi connectivity index (χ0n) is 17.7. The summed E-state index contributed by atoms with van der Waals surface area (Å²) in [6.45, 7) is 8.60. The number of carbonyl (C=O) groups is 1. The van der Waals surface area contributed by atoms with Gasteiger partial charge in [0.2, 0.25) is 5.91 Å². The first-order valence-corrected chi connectivity index (χ1v) is 10.8. The molecule has 7 nitrogen and oxygen atoms in total. The van der Waals surface area contributed by atoms with Crippen molar-refractivity contribution < 1.29 is 14.3 Å². The summed E-state index contributed by atoms with van der Waals surface area (Å²) in [7, 11) is 0. The van der Waals surface area contributed by atoms with Crippen molar-refractivity contribution >= 4 is 17.6 Å². The van der Waals surface area contributed by atoms with Gasteiger partial charge in [-0.3, -0.25) is 4.79 Å². The summed E-state index contributed by atoms with van der Waals surface area (Å²) in [5.41, 5.74) is 1.89. The average Bonchev–Trinajstić information content (AvgIpc) is 3.27. The van der Waals surface area contributed by atoms with Gasteiger partial charge in [0.05, 0.1) is 19.3 Å². The number of nitrogens with zero attached hydrogens (tertiary/aromatic N) is 2. The maximum atomic E-state index is 11.8. The Hall–Kier alpha value is -2.12. The maximum absolute atomic E-state index is 11.8. The molecule has 0 saturated carbocycles. The molecule has 1 amide bonds. The second kappa shape index (κ2) is 11.2. The van der Waals surface area contributed by atoms with Crippen molar-refractivity contribution in [2.45, 2.75) is 58.3 Å². The number of nitrogens with one attached hydrogen (secondary N) is 2. The van der Waals surface area contributed by atoms with Crippen LogP contribution in [-0.4, -0.2) is 61.8 Å². The SMILES string of the molecule is CCCC(=O)Nc1cccc(CN=C(NCC)N2CCOC(C3CCCO3)C2)c1. The largest absolute Gasteiger partial charge is 0.375 e. The Morgan fingerprint density at radius 1 is 1.24 bits per heavy atom. The number of hydrogen-bond donors (Lipinski definition) is 2. The van der Waals surface area contributed by atoms with Crippen LogP contribution in [0.3, 0.4) is 0 Å². The molecule has 2 aliphatic heterocycles. The fourth-order valence-electron chi connectivity index (χ4n) is 3.78. The molecule has 3 rings (SSSR count). The van der Waals surface area contributed by atoms with Crippen LogP contribution in [0.5, 0.6) is 0 Å². The molecule has 2 saturated heterocycles. The number of carbonyl (C=O) groups excluding carboxylic acids is 1. The van der Waals surface area contributed by atoms with E-state index in [1.165, 1.54) is 0 Å². The highest BCUT2D eigenvalue weighted by atomic mass is 16.5. The van der Waals surface area contributed by atoms with Crippen LogP contribution >= 0.6 is 0 Å². The third kappa shape index (κ3) is 6.44. The minimum atomic E-state index is 0.0509. The van der Waals surface area contributed by atoms with Crippen molar-refractivity contribution in [3.05, 3.63) is 29.8 Å². The van der Waals surface area contributed by atoms with Crippen LogP contribution in [0.25, 0.3) is 0 Å². The van der Waals surface area contributed by atoms with E-state index in [1.54, 1.807) is 0 Å². The molecule has 0 bridgehead atoms. The van der Waals surface area contributed by atoms with Gasteiger partial charge in [-0.2, -0.15) is 0 Å². The number of anilines is 1. The monoisotopic (exact) mass is 402 g/mol. The quantitative estimate of drug-likeness (QED) is 0.542. The highest BCUT2D eigenvalue weighted by molar-refractivity contribution is 5.90. The van der Waals surface area contributed by atoms with Crippen molar-refractivity contribution in [2.75, 3.05) is 38.2 Å². The average molecular weight is 403 g/mol. The third-order valence-corrected chi connectivity index (χ3v) is 5.21. The summed E-state index contributed by atoms with van der Waals surface area (Å²) >= 11 is 0. The van der Waals surface area contributed by atoms with E-state index in [1.807, 2.05) is 31.2 Å². The summed E-state index contributed by atoms with van der Waals surface area (Å²) in [5.74, 6) is 0.953. The Labute approximate surface area is 173 Å². The smallest absolute Gasteiger partial charge is 0.224 e. The first kappa shape index (κ1) is 21.6. The van der Waals surface area contributed by atoms with Gasteiger partial charge >= 0.3 is 0 Å². The van der Waals surface area contributed by atoms with Gasteiger partial charge in [0.25, 0.3) is 0 Å². The van der Waals surface area contributed by atoms with Crippen LogP contribution < -0.4 is 10.6 Å². The fraction of sp³-hybridized carbons (Fsp3) is 0.636. The highest BCUT2D eigenvalue weighted by Crippen LogP contribution is 2.21. The molecule has 29 heavy (non-hydrogen) atoms. The minimum absolute atomic E-state index is 0.0509. The van der Waals surface area contributed by atoms with E-state index in [0.29, 0.717) is 19.6 Å². The van der Waals surface area contributed by atoms with E-state index in [9.17, 15) is 4.79 Å². The molecule has 1 aromatic carbocycles. The van der Waals surface area contributed by atoms with Crippen molar-refractivity contribution in [3.63, 3.8) is 0 Å². The van der Waals surface area contributed by atoms with Crippen LogP contribution in [-0.2, 0) is 20.8 Å². The van der Waals surface area contributed by atoms with Crippen molar-refractivity contribution in [3.8, 4) is 0 Å². The van der Waals surface area contributed by atoms with E-state index in [0.717, 1.165) is 62.7 Å². The third-order valence-electron chi connectivity index (χ3n) is 5.21. The second-order valence-electron chi connectivity index (χ2n) is 7.58. The summed E-state index contributed by atoms with van der Waals surface area (Å²) in [4.78, 5) is 19.0. The molecular weight excluding hydrogens is 368 g/mol. The molecule has 2 atom stereocenters. The van der Waals surface area contributed by atoms with Crippen LogP contribution in [0.4, 0.5) is 5.69 Å². The predicted molar refractivity (Wildman–Crippen MR) is 115 cm³/mol. The zero-order valence-corrected chi connectivity index (χ0v) is 17.7. The molecule has 1 aromatic rings. The van der Waals surface area contributed by atoms with Crippen molar-refractivity contribution in [1.29, 1.82) is 0 Å². The van der Waals surface area contributed by atoms with E-state index >= 15 is 0 Å². The molecule has 2 fully saturated rings. The lowest BCUT2D eigenvalue weighted by molar-refractivity contribution is -0.116. The van der Waals surface area contributed by atoms with Gasteiger partial charge in [0.1, 0.15) is 6.10 Å². The van der Waals surface area contributed by atoms with Gasteiger partial charge < -0.3 is 25.0 Å². The molecule has 2 N–H and O–H groups in total. The molecule has 0 radical (unpaired) electrons. The normalized spacial score (nSPS) is 22.6. The molecule has 2 heterocycles. The topological polar surface area (TPSA) is 75.2 Å². The van der Waals surface area contributed by atoms with Gasteiger partial charge in [0.15, 0.2) is 5.96 Å². The Balaban J connectivity index is 1.63. The van der Waals surface area contributed by atoms with E-state index < -0.39 is 0 Å². The van der Waals surface area contributed by atoms with E-state index in [2.05, 4.69) is 22.5 Å². The summed E-state index contributed by atoms with van der Waals surface area (Å²) < 4.78 is 11.8. The zero-order chi connectivity index (χ0) is 20.5. The van der Waals surface area contributed by atoms with Gasteiger partial charge in [-0.05, 0) is 43.9 Å². The number of ether oxygens (including phenoxy) is 2. The van der Waals surface area contributed by atoms with Gasteiger partial charge in [-0.25, -0.2) is 4.99 Å². The van der Waals surface area contributed by atoms with Crippen LogP contribution in [0.1, 0.15) is 45.1 Å². The lowest BCUT2D eigenvalue weighted by Gasteiger charge is -2.37. The first-order valence-electron chi connectivity index (χ1n) is 10.8. The summed E-state index contributed by atoms with van der Waals surface area (Å²) in [6, 6.07) is 7.91. The predicted octanol–water partition coefficient (Wildman–Crippen LogP) is 2.77. The molecule has 0 spiro atoms.